The van der Waals surface area contributed by atoms with Gasteiger partial charge in [0, 0.05) is 23.8 Å². The number of rotatable bonds is 4. The number of hydrogen-bond acceptors (Lipinski definition) is 2. The maximum absolute atomic E-state index is 12.1. The number of aryl methyl sites for hydroxylation is 1. The van der Waals surface area contributed by atoms with E-state index in [1.165, 1.54) is 0 Å². The first kappa shape index (κ1) is 13.0. The first-order chi connectivity index (χ1) is 7.43. The predicted molar refractivity (Wildman–Crippen MR) is 67.5 cm³/mol. The van der Waals surface area contributed by atoms with E-state index in [2.05, 4.69) is 13.8 Å². The zero-order valence-electron chi connectivity index (χ0n) is 10.7. The number of nitrogens with zero attached hydrogens (tertiary/aromatic N) is 1. The van der Waals surface area contributed by atoms with Crippen LogP contribution in [0.3, 0.4) is 0 Å². The molecule has 0 fully saturated rings. The molecular formula is C13H22N2O. The van der Waals surface area contributed by atoms with Crippen molar-refractivity contribution in [3.8, 4) is 0 Å². The van der Waals surface area contributed by atoms with Gasteiger partial charge in [-0.25, -0.2) is 0 Å². The van der Waals surface area contributed by atoms with Crippen molar-refractivity contribution in [3.63, 3.8) is 0 Å². The summed E-state index contributed by atoms with van der Waals surface area (Å²) in [5.74, 6) is 0.602. The summed E-state index contributed by atoms with van der Waals surface area (Å²) in [5.41, 5.74) is 7.55. The zero-order valence-corrected chi connectivity index (χ0v) is 10.7. The van der Waals surface area contributed by atoms with Crippen LogP contribution in [0.4, 0.5) is 0 Å². The van der Waals surface area contributed by atoms with Crippen molar-refractivity contribution in [2.75, 3.05) is 0 Å². The molecule has 2 N–H and O–H groups in total. The Kier molecular flexibility index (Phi) is 4.30. The average Bonchev–Trinajstić information content (AvgIpc) is 2.16. The van der Waals surface area contributed by atoms with Crippen LogP contribution in [0.25, 0.3) is 0 Å². The van der Waals surface area contributed by atoms with E-state index < -0.39 is 0 Å². The SMILES string of the molecule is Cc1ccc(C(C)N)c(=O)n1CCC(C)C. The Hall–Kier alpha value is -1.09. The van der Waals surface area contributed by atoms with E-state index in [-0.39, 0.29) is 11.6 Å². The highest BCUT2D eigenvalue weighted by atomic mass is 16.1. The Morgan fingerprint density at radius 3 is 2.44 bits per heavy atom. The fraction of sp³-hybridized carbons (Fsp3) is 0.615. The van der Waals surface area contributed by atoms with Gasteiger partial charge >= 0.3 is 0 Å². The van der Waals surface area contributed by atoms with Gasteiger partial charge in [0.1, 0.15) is 0 Å². The molecule has 0 saturated carbocycles. The minimum Gasteiger partial charge on any atom is -0.324 e. The third kappa shape index (κ3) is 2.95. The first-order valence-electron chi connectivity index (χ1n) is 5.89. The molecule has 1 aromatic heterocycles. The highest BCUT2D eigenvalue weighted by Crippen LogP contribution is 2.08. The maximum Gasteiger partial charge on any atom is 0.255 e. The molecule has 3 nitrogen and oxygen atoms in total. The number of hydrogen-bond donors (Lipinski definition) is 1. The Labute approximate surface area is 97.3 Å². The minimum absolute atomic E-state index is 0.0654. The van der Waals surface area contributed by atoms with Crippen molar-refractivity contribution in [1.82, 2.24) is 4.57 Å². The van der Waals surface area contributed by atoms with Crippen LogP contribution in [0.1, 0.15) is 44.5 Å². The van der Waals surface area contributed by atoms with Gasteiger partial charge in [0.2, 0.25) is 0 Å². The first-order valence-corrected chi connectivity index (χ1v) is 5.89. The minimum atomic E-state index is -0.196. The molecule has 0 saturated heterocycles. The van der Waals surface area contributed by atoms with Gasteiger partial charge in [-0.1, -0.05) is 19.9 Å². The lowest BCUT2D eigenvalue weighted by Gasteiger charge is -2.14. The Bertz CT molecular complexity index is 405. The van der Waals surface area contributed by atoms with Crippen LogP contribution in [0, 0.1) is 12.8 Å². The third-order valence-corrected chi connectivity index (χ3v) is 2.84. The van der Waals surface area contributed by atoms with Crippen molar-refractivity contribution in [2.24, 2.45) is 11.7 Å². The lowest BCUT2D eigenvalue weighted by Crippen LogP contribution is -2.29. The Morgan fingerprint density at radius 2 is 1.94 bits per heavy atom. The molecule has 3 heteroatoms. The summed E-state index contributed by atoms with van der Waals surface area (Å²) in [6.07, 6.45) is 1.02. The van der Waals surface area contributed by atoms with Crippen LogP contribution in [-0.2, 0) is 6.54 Å². The van der Waals surface area contributed by atoms with Gasteiger partial charge in [0.15, 0.2) is 0 Å². The topological polar surface area (TPSA) is 48.0 Å². The molecule has 0 amide bonds. The molecule has 1 unspecified atom stereocenters. The summed E-state index contributed by atoms with van der Waals surface area (Å²) >= 11 is 0. The second-order valence-corrected chi connectivity index (χ2v) is 4.86. The van der Waals surface area contributed by atoms with Crippen LogP contribution in [0.2, 0.25) is 0 Å². The lowest BCUT2D eigenvalue weighted by molar-refractivity contribution is 0.498. The number of pyridine rings is 1. The summed E-state index contributed by atoms with van der Waals surface area (Å²) in [4.78, 5) is 12.1. The van der Waals surface area contributed by atoms with E-state index in [0.29, 0.717) is 11.5 Å². The number of aromatic nitrogens is 1. The predicted octanol–water partition coefficient (Wildman–Crippen LogP) is 2.22. The fourth-order valence-electron chi connectivity index (χ4n) is 1.70. The van der Waals surface area contributed by atoms with Gasteiger partial charge in [-0.2, -0.15) is 0 Å². The van der Waals surface area contributed by atoms with Gasteiger partial charge in [-0.15, -0.1) is 0 Å². The summed E-state index contributed by atoms with van der Waals surface area (Å²) in [6.45, 7) is 8.92. The van der Waals surface area contributed by atoms with E-state index >= 15 is 0 Å². The van der Waals surface area contributed by atoms with E-state index in [0.717, 1.165) is 18.7 Å². The summed E-state index contributed by atoms with van der Waals surface area (Å²) < 4.78 is 1.83. The molecular weight excluding hydrogens is 200 g/mol. The molecule has 1 aromatic rings. The maximum atomic E-state index is 12.1. The lowest BCUT2D eigenvalue weighted by atomic mass is 10.1. The van der Waals surface area contributed by atoms with Gasteiger partial charge < -0.3 is 10.3 Å². The summed E-state index contributed by atoms with van der Waals surface area (Å²) in [6, 6.07) is 3.62. The molecule has 90 valence electrons. The normalized spacial score (nSPS) is 13.1. The van der Waals surface area contributed by atoms with Crippen molar-refractivity contribution in [3.05, 3.63) is 33.7 Å². The van der Waals surface area contributed by atoms with Crippen LogP contribution >= 0.6 is 0 Å². The molecule has 0 aliphatic rings. The highest BCUT2D eigenvalue weighted by Gasteiger charge is 2.09. The van der Waals surface area contributed by atoms with Crippen LogP contribution < -0.4 is 11.3 Å². The monoisotopic (exact) mass is 222 g/mol. The summed E-state index contributed by atoms with van der Waals surface area (Å²) in [5, 5.41) is 0. The van der Waals surface area contributed by atoms with E-state index in [4.69, 9.17) is 5.73 Å². The van der Waals surface area contributed by atoms with Gasteiger partial charge in [0.05, 0.1) is 0 Å². The third-order valence-electron chi connectivity index (χ3n) is 2.84. The van der Waals surface area contributed by atoms with Gasteiger partial charge in [-0.05, 0) is 32.3 Å². The fourth-order valence-corrected chi connectivity index (χ4v) is 1.70. The molecule has 1 rings (SSSR count). The average molecular weight is 222 g/mol. The number of nitrogens with two attached hydrogens (primary N) is 1. The van der Waals surface area contributed by atoms with E-state index in [1.807, 2.05) is 30.5 Å². The van der Waals surface area contributed by atoms with Gasteiger partial charge in [-0.3, -0.25) is 4.79 Å². The van der Waals surface area contributed by atoms with Crippen LogP contribution in [-0.4, -0.2) is 4.57 Å². The van der Waals surface area contributed by atoms with Gasteiger partial charge in [0.25, 0.3) is 5.56 Å². The smallest absolute Gasteiger partial charge is 0.255 e. The zero-order chi connectivity index (χ0) is 12.3. The molecule has 0 spiro atoms. The molecule has 0 radical (unpaired) electrons. The second-order valence-electron chi connectivity index (χ2n) is 4.86. The van der Waals surface area contributed by atoms with Crippen molar-refractivity contribution in [1.29, 1.82) is 0 Å². The van der Waals surface area contributed by atoms with Crippen molar-refractivity contribution in [2.45, 2.75) is 46.7 Å². The second kappa shape index (κ2) is 5.30. The quantitative estimate of drug-likeness (QED) is 0.849. The molecule has 0 aliphatic heterocycles. The Balaban J connectivity index is 3.07. The highest BCUT2D eigenvalue weighted by molar-refractivity contribution is 5.18. The van der Waals surface area contributed by atoms with Crippen LogP contribution in [0.5, 0.6) is 0 Å². The van der Waals surface area contributed by atoms with E-state index in [1.54, 1.807) is 0 Å². The molecule has 0 bridgehead atoms. The molecule has 16 heavy (non-hydrogen) atoms. The van der Waals surface area contributed by atoms with E-state index in [9.17, 15) is 4.79 Å². The van der Waals surface area contributed by atoms with Crippen LogP contribution in [0.15, 0.2) is 16.9 Å². The standard InChI is InChI=1S/C13H22N2O/c1-9(2)7-8-15-10(3)5-6-12(11(4)14)13(15)16/h5-6,9,11H,7-8,14H2,1-4H3. The van der Waals surface area contributed by atoms with Crippen molar-refractivity contribution >= 4 is 0 Å². The molecule has 1 atom stereocenters. The molecule has 0 aromatic carbocycles. The molecule has 0 aliphatic carbocycles. The largest absolute Gasteiger partial charge is 0.324 e. The van der Waals surface area contributed by atoms with Crippen molar-refractivity contribution < 1.29 is 0 Å². The summed E-state index contributed by atoms with van der Waals surface area (Å²) in [7, 11) is 0. The molecule has 1 heterocycles. The Morgan fingerprint density at radius 1 is 1.31 bits per heavy atom.